The Morgan fingerprint density at radius 2 is 2.05 bits per heavy atom. The second kappa shape index (κ2) is 6.82. The molecule has 0 aromatic carbocycles. The predicted octanol–water partition coefficient (Wildman–Crippen LogP) is 2.96. The third-order valence-electron chi connectivity index (χ3n) is 4.59. The van der Waals surface area contributed by atoms with Crippen LogP contribution in [0.25, 0.3) is 0 Å². The van der Waals surface area contributed by atoms with Gasteiger partial charge in [-0.1, -0.05) is 44.2 Å². The van der Waals surface area contributed by atoms with E-state index >= 15 is 0 Å². The van der Waals surface area contributed by atoms with Crippen molar-refractivity contribution in [3.63, 3.8) is 0 Å². The van der Waals surface area contributed by atoms with Crippen LogP contribution in [0.5, 0.6) is 0 Å². The number of rotatable bonds is 4. The number of carbonyl (C=O) groups excluding carboxylic acids is 2. The van der Waals surface area contributed by atoms with E-state index in [1.807, 2.05) is 13.8 Å². The zero-order valence-electron chi connectivity index (χ0n) is 13.0. The number of hydrogen-bond acceptors (Lipinski definition) is 2. The predicted molar refractivity (Wildman–Crippen MR) is 84.0 cm³/mol. The van der Waals surface area contributed by atoms with E-state index in [2.05, 4.69) is 5.32 Å². The molecule has 1 N–H and O–H groups in total. The Labute approximate surface area is 131 Å². The number of hydrogen-bond donors (Lipinski definition) is 1. The molecule has 0 aromatic rings. The molecule has 2 rings (SSSR count). The molecule has 1 aliphatic heterocycles. The molecule has 1 atom stereocenters. The van der Waals surface area contributed by atoms with E-state index in [1.165, 1.54) is 5.54 Å². The lowest BCUT2D eigenvalue weighted by Gasteiger charge is -2.47. The van der Waals surface area contributed by atoms with Crippen molar-refractivity contribution in [1.82, 2.24) is 10.2 Å². The lowest BCUT2D eigenvalue weighted by atomic mass is 9.78. The normalized spacial score (nSPS) is 26.1. The molecule has 2 aliphatic rings. The summed E-state index contributed by atoms with van der Waals surface area (Å²) in [5, 5.41) is 3.06. The molecule has 118 valence electrons. The molecule has 0 radical (unpaired) electrons. The second-order valence-electron chi connectivity index (χ2n) is 6.33. The van der Waals surface area contributed by atoms with Crippen LogP contribution < -0.4 is 5.32 Å². The minimum absolute atomic E-state index is 0.000669. The minimum atomic E-state index is -0.661. The highest BCUT2D eigenvalue weighted by Gasteiger charge is 2.50. The molecule has 0 bridgehead atoms. The first-order valence-electron chi connectivity index (χ1n) is 7.93. The van der Waals surface area contributed by atoms with Gasteiger partial charge < -0.3 is 10.2 Å². The molecule has 1 heterocycles. The summed E-state index contributed by atoms with van der Waals surface area (Å²) in [6, 6.07) is -0.360. The van der Waals surface area contributed by atoms with Crippen molar-refractivity contribution in [2.75, 3.05) is 6.54 Å². The Morgan fingerprint density at radius 3 is 2.62 bits per heavy atom. The van der Waals surface area contributed by atoms with Crippen LogP contribution in [-0.4, -0.2) is 34.8 Å². The molecule has 1 saturated heterocycles. The topological polar surface area (TPSA) is 49.4 Å². The van der Waals surface area contributed by atoms with E-state index in [0.717, 1.165) is 44.1 Å². The number of carbonyl (C=O) groups is 2. The van der Waals surface area contributed by atoms with Crippen molar-refractivity contribution in [1.29, 1.82) is 0 Å². The van der Waals surface area contributed by atoms with Crippen molar-refractivity contribution in [2.45, 2.75) is 70.4 Å². The van der Waals surface area contributed by atoms with Crippen LogP contribution in [0.15, 0.2) is 11.1 Å². The number of piperazine rings is 1. The highest BCUT2D eigenvalue weighted by Crippen LogP contribution is 2.34. The van der Waals surface area contributed by atoms with Crippen LogP contribution >= 0.6 is 11.6 Å². The largest absolute Gasteiger partial charge is 0.340 e. The highest BCUT2D eigenvalue weighted by molar-refractivity contribution is 6.25. The summed E-state index contributed by atoms with van der Waals surface area (Å²) in [7, 11) is 0. The third-order valence-corrected chi connectivity index (χ3v) is 4.96. The van der Waals surface area contributed by atoms with Crippen LogP contribution in [0.3, 0.4) is 0 Å². The zero-order valence-corrected chi connectivity index (χ0v) is 13.7. The molecule has 4 nitrogen and oxygen atoms in total. The quantitative estimate of drug-likeness (QED) is 0.867. The van der Waals surface area contributed by atoms with Crippen LogP contribution in [0.1, 0.15) is 58.8 Å². The van der Waals surface area contributed by atoms with Gasteiger partial charge in [0, 0.05) is 12.1 Å². The maximum absolute atomic E-state index is 13.0. The van der Waals surface area contributed by atoms with Crippen molar-refractivity contribution >= 4 is 23.4 Å². The third kappa shape index (κ3) is 3.25. The van der Waals surface area contributed by atoms with Crippen molar-refractivity contribution in [3.05, 3.63) is 11.1 Å². The second-order valence-corrected chi connectivity index (χ2v) is 6.54. The van der Waals surface area contributed by atoms with E-state index in [1.54, 1.807) is 4.90 Å². The summed E-state index contributed by atoms with van der Waals surface area (Å²) in [6.07, 6.45) is 6.24. The molecule has 1 spiro atoms. The fourth-order valence-corrected chi connectivity index (χ4v) is 3.54. The lowest BCUT2D eigenvalue weighted by Crippen LogP contribution is -2.70. The van der Waals surface area contributed by atoms with E-state index in [9.17, 15) is 9.59 Å². The summed E-state index contributed by atoms with van der Waals surface area (Å²) < 4.78 is 0. The Morgan fingerprint density at radius 1 is 1.38 bits per heavy atom. The van der Waals surface area contributed by atoms with Gasteiger partial charge in [0.05, 0.1) is 0 Å². The summed E-state index contributed by atoms with van der Waals surface area (Å²) >= 11 is 5.76. The van der Waals surface area contributed by atoms with Crippen LogP contribution in [0.2, 0.25) is 0 Å². The van der Waals surface area contributed by atoms with Crippen molar-refractivity contribution in [3.8, 4) is 0 Å². The van der Waals surface area contributed by atoms with Gasteiger partial charge in [-0.05, 0) is 31.8 Å². The molecule has 1 unspecified atom stereocenters. The van der Waals surface area contributed by atoms with Gasteiger partial charge in [-0.25, -0.2) is 0 Å². The first-order valence-corrected chi connectivity index (χ1v) is 8.36. The van der Waals surface area contributed by atoms with E-state index in [4.69, 9.17) is 11.6 Å². The Hall–Kier alpha value is -1.03. The monoisotopic (exact) mass is 312 g/mol. The molecule has 21 heavy (non-hydrogen) atoms. The van der Waals surface area contributed by atoms with Crippen LogP contribution in [0.4, 0.5) is 0 Å². The summed E-state index contributed by atoms with van der Waals surface area (Å²) in [5.41, 5.74) is 1.74. The molecular weight excluding hydrogens is 288 g/mol. The highest BCUT2D eigenvalue weighted by atomic mass is 35.5. The van der Waals surface area contributed by atoms with Crippen LogP contribution in [-0.2, 0) is 9.59 Å². The average Bonchev–Trinajstić information content (AvgIpc) is 2.49. The average molecular weight is 313 g/mol. The van der Waals surface area contributed by atoms with E-state index < -0.39 is 5.54 Å². The van der Waals surface area contributed by atoms with Crippen LogP contribution in [0, 0.1) is 0 Å². The van der Waals surface area contributed by atoms with Crippen molar-refractivity contribution in [2.24, 2.45) is 0 Å². The summed E-state index contributed by atoms with van der Waals surface area (Å²) in [4.78, 5) is 27.3. The molecule has 1 saturated carbocycles. The fourth-order valence-electron chi connectivity index (χ4n) is 3.47. The van der Waals surface area contributed by atoms with Gasteiger partial charge in [0.25, 0.3) is 0 Å². The molecule has 5 heteroatoms. The van der Waals surface area contributed by atoms with Gasteiger partial charge in [-0.3, -0.25) is 9.59 Å². The number of nitrogens with one attached hydrogen (secondary N) is 1. The number of amides is 2. The minimum Gasteiger partial charge on any atom is -0.340 e. The maximum Gasteiger partial charge on any atom is 0.249 e. The van der Waals surface area contributed by atoms with Gasteiger partial charge in [0.15, 0.2) is 0 Å². The Kier molecular flexibility index (Phi) is 5.31. The molecule has 0 aromatic heterocycles. The fraction of sp³-hybridized carbons (Fsp3) is 0.750. The Balaban J connectivity index is 2.28. The maximum atomic E-state index is 13.0. The summed E-state index contributed by atoms with van der Waals surface area (Å²) in [6.45, 7) is 4.37. The number of nitrogens with zero attached hydrogens (tertiary/aromatic N) is 1. The van der Waals surface area contributed by atoms with E-state index in [0.29, 0.717) is 13.0 Å². The molecule has 1 aliphatic carbocycles. The van der Waals surface area contributed by atoms with Gasteiger partial charge in [0.1, 0.15) is 11.6 Å². The standard InChI is InChI=1S/C16H25ClN2O2/c1-3-7-13-14(20)18-16(8-5-4-6-9-16)15(21)19(13)11-12(2)10-17/h10,13H,3-9,11H2,1-2H3,(H,18,20). The molecule has 2 amide bonds. The van der Waals surface area contributed by atoms with Crippen molar-refractivity contribution < 1.29 is 9.59 Å². The first-order chi connectivity index (χ1) is 10.0. The lowest BCUT2D eigenvalue weighted by molar-refractivity contribution is -0.156. The van der Waals surface area contributed by atoms with Gasteiger partial charge in [-0.15, -0.1) is 0 Å². The smallest absolute Gasteiger partial charge is 0.249 e. The first kappa shape index (κ1) is 16.3. The molecule has 2 fully saturated rings. The van der Waals surface area contributed by atoms with E-state index in [-0.39, 0.29) is 17.9 Å². The Bertz CT molecular complexity index is 442. The van der Waals surface area contributed by atoms with Gasteiger partial charge in [0.2, 0.25) is 11.8 Å². The SMILES string of the molecule is CCCC1C(=O)NC2(CCCCC2)C(=O)N1CC(C)=CCl. The molecular formula is C16H25ClN2O2. The van der Waals surface area contributed by atoms with Gasteiger partial charge >= 0.3 is 0 Å². The zero-order chi connectivity index (χ0) is 15.5. The van der Waals surface area contributed by atoms with Gasteiger partial charge in [-0.2, -0.15) is 0 Å². The number of halogens is 1. The summed E-state index contributed by atoms with van der Waals surface area (Å²) in [5.74, 6) is 0.0823.